The second-order valence-electron chi connectivity index (χ2n) is 3.83. The van der Waals surface area contributed by atoms with Gasteiger partial charge >= 0.3 is 6.03 Å². The average Bonchev–Trinajstić information content (AvgIpc) is 2.66. The summed E-state index contributed by atoms with van der Waals surface area (Å²) in [4.78, 5) is 27.4. The average molecular weight is 276 g/mol. The van der Waals surface area contributed by atoms with Crippen LogP contribution in [0.1, 0.15) is 15.9 Å². The molecule has 0 aliphatic rings. The molecule has 6 nitrogen and oxygen atoms in total. The van der Waals surface area contributed by atoms with Gasteiger partial charge in [-0.2, -0.15) is 0 Å². The van der Waals surface area contributed by atoms with Gasteiger partial charge in [-0.05, 0) is 24.6 Å². The molecule has 0 atom stereocenters. The highest BCUT2D eigenvalue weighted by Gasteiger charge is 2.21. The number of thiophene rings is 1. The van der Waals surface area contributed by atoms with Crippen LogP contribution < -0.4 is 16.8 Å². The summed E-state index contributed by atoms with van der Waals surface area (Å²) in [5, 5.41) is 2.76. The molecule has 0 aliphatic heterocycles. The Bertz CT molecular complexity index is 637. The summed E-state index contributed by atoms with van der Waals surface area (Å²) in [6, 6.07) is 4.71. The van der Waals surface area contributed by atoms with Crippen LogP contribution in [0.15, 0.2) is 24.4 Å². The normalized spacial score (nSPS) is 10.2. The van der Waals surface area contributed by atoms with Crippen molar-refractivity contribution in [3.8, 4) is 10.6 Å². The number of urea groups is 1. The number of primary amides is 2. The summed E-state index contributed by atoms with van der Waals surface area (Å²) in [6.07, 6.45) is 1.65. The SMILES string of the molecule is Cc1c(-c2ccccn2)sc(NC(N)=O)c1C(N)=O. The van der Waals surface area contributed by atoms with Crippen LogP contribution in [0.5, 0.6) is 0 Å². The van der Waals surface area contributed by atoms with E-state index in [-0.39, 0.29) is 5.56 Å². The van der Waals surface area contributed by atoms with Gasteiger partial charge in [0.15, 0.2) is 0 Å². The van der Waals surface area contributed by atoms with E-state index >= 15 is 0 Å². The lowest BCUT2D eigenvalue weighted by Gasteiger charge is -2.00. The van der Waals surface area contributed by atoms with Crippen molar-refractivity contribution in [2.45, 2.75) is 6.92 Å². The highest BCUT2D eigenvalue weighted by atomic mass is 32.1. The molecule has 19 heavy (non-hydrogen) atoms. The second-order valence-corrected chi connectivity index (χ2v) is 4.85. The fourth-order valence-electron chi connectivity index (χ4n) is 1.75. The topological polar surface area (TPSA) is 111 Å². The summed E-state index contributed by atoms with van der Waals surface area (Å²) in [5.41, 5.74) is 12.1. The maximum Gasteiger partial charge on any atom is 0.317 e. The number of anilines is 1. The first-order chi connectivity index (χ1) is 9.00. The first-order valence-electron chi connectivity index (χ1n) is 5.41. The van der Waals surface area contributed by atoms with Crippen molar-refractivity contribution in [2.75, 3.05) is 5.32 Å². The van der Waals surface area contributed by atoms with E-state index in [1.807, 2.05) is 12.1 Å². The Balaban J connectivity index is 2.58. The third-order valence-corrected chi connectivity index (χ3v) is 3.76. The van der Waals surface area contributed by atoms with Crippen LogP contribution in [0.4, 0.5) is 9.80 Å². The van der Waals surface area contributed by atoms with Crippen LogP contribution in [0.3, 0.4) is 0 Å². The number of aromatic nitrogens is 1. The summed E-state index contributed by atoms with van der Waals surface area (Å²) >= 11 is 1.22. The molecule has 2 aromatic rings. The Kier molecular flexibility index (Phi) is 3.48. The van der Waals surface area contributed by atoms with Gasteiger partial charge in [-0.1, -0.05) is 6.07 Å². The lowest BCUT2D eigenvalue weighted by molar-refractivity contribution is 0.100. The van der Waals surface area contributed by atoms with Gasteiger partial charge < -0.3 is 11.5 Å². The predicted molar refractivity (Wildman–Crippen MR) is 74.0 cm³/mol. The van der Waals surface area contributed by atoms with E-state index in [0.29, 0.717) is 16.3 Å². The number of rotatable bonds is 3. The van der Waals surface area contributed by atoms with Crippen LogP contribution in [-0.2, 0) is 0 Å². The lowest BCUT2D eigenvalue weighted by Crippen LogP contribution is -2.21. The van der Waals surface area contributed by atoms with Gasteiger partial charge in [0, 0.05) is 6.20 Å². The van der Waals surface area contributed by atoms with Gasteiger partial charge in [-0.15, -0.1) is 11.3 Å². The van der Waals surface area contributed by atoms with Crippen LogP contribution in [-0.4, -0.2) is 16.9 Å². The Labute approximate surface area is 113 Å². The number of hydrogen-bond acceptors (Lipinski definition) is 4. The molecule has 0 saturated heterocycles. The quantitative estimate of drug-likeness (QED) is 0.793. The Morgan fingerprint density at radius 2 is 2.05 bits per heavy atom. The van der Waals surface area contributed by atoms with Crippen molar-refractivity contribution >= 4 is 28.3 Å². The van der Waals surface area contributed by atoms with Gasteiger partial charge in [0.1, 0.15) is 5.00 Å². The Morgan fingerprint density at radius 1 is 1.32 bits per heavy atom. The minimum atomic E-state index is -0.740. The van der Waals surface area contributed by atoms with Crippen molar-refractivity contribution in [1.82, 2.24) is 4.98 Å². The van der Waals surface area contributed by atoms with Gasteiger partial charge in [0.2, 0.25) is 0 Å². The third kappa shape index (κ3) is 2.55. The van der Waals surface area contributed by atoms with Gasteiger partial charge in [-0.3, -0.25) is 15.1 Å². The second kappa shape index (κ2) is 5.07. The molecular formula is C12H12N4O2S. The zero-order valence-corrected chi connectivity index (χ0v) is 11.0. The van der Waals surface area contributed by atoms with Crippen LogP contribution >= 0.6 is 11.3 Å². The molecule has 0 unspecified atom stereocenters. The lowest BCUT2D eigenvalue weighted by atomic mass is 10.1. The maximum absolute atomic E-state index is 11.5. The number of carbonyl (C=O) groups excluding carboxylic acids is 2. The number of nitrogens with zero attached hydrogens (tertiary/aromatic N) is 1. The van der Waals surface area contributed by atoms with E-state index in [2.05, 4.69) is 10.3 Å². The fraction of sp³-hybridized carbons (Fsp3) is 0.0833. The summed E-state index contributed by atoms with van der Waals surface area (Å²) in [6.45, 7) is 1.76. The number of carbonyl (C=O) groups is 2. The molecule has 0 spiro atoms. The van der Waals surface area contributed by atoms with Gasteiger partial charge in [0.05, 0.1) is 16.1 Å². The van der Waals surface area contributed by atoms with E-state index in [4.69, 9.17) is 11.5 Å². The van der Waals surface area contributed by atoms with E-state index in [0.717, 1.165) is 4.88 Å². The maximum atomic E-state index is 11.5. The monoisotopic (exact) mass is 276 g/mol. The number of pyridine rings is 1. The van der Waals surface area contributed by atoms with Crippen molar-refractivity contribution in [3.05, 3.63) is 35.5 Å². The number of amides is 3. The summed E-state index contributed by atoms with van der Waals surface area (Å²) in [7, 11) is 0. The summed E-state index contributed by atoms with van der Waals surface area (Å²) in [5.74, 6) is -0.611. The molecule has 2 heterocycles. The van der Waals surface area contributed by atoms with E-state index in [1.54, 1.807) is 19.2 Å². The molecule has 2 aromatic heterocycles. The third-order valence-electron chi connectivity index (χ3n) is 2.53. The van der Waals surface area contributed by atoms with Crippen LogP contribution in [0.25, 0.3) is 10.6 Å². The largest absolute Gasteiger partial charge is 0.365 e. The molecular weight excluding hydrogens is 264 g/mol. The molecule has 0 fully saturated rings. The Hall–Kier alpha value is -2.41. The molecule has 2 rings (SSSR count). The molecule has 0 radical (unpaired) electrons. The van der Waals surface area contributed by atoms with Gasteiger partial charge in [-0.25, -0.2) is 4.79 Å². The number of hydrogen-bond donors (Lipinski definition) is 3. The molecule has 3 amide bonds. The smallest absolute Gasteiger partial charge is 0.317 e. The first-order valence-corrected chi connectivity index (χ1v) is 6.23. The molecule has 7 heteroatoms. The van der Waals surface area contributed by atoms with E-state index in [9.17, 15) is 9.59 Å². The highest BCUT2D eigenvalue weighted by Crippen LogP contribution is 2.38. The fourth-order valence-corrected chi connectivity index (χ4v) is 2.94. The zero-order chi connectivity index (χ0) is 14.0. The predicted octanol–water partition coefficient (Wildman–Crippen LogP) is 1.71. The standard InChI is InChI=1S/C12H12N4O2S/c1-6-8(10(13)17)11(16-12(14)18)19-9(6)7-4-2-3-5-15-7/h2-5H,1H3,(H2,13,17)(H3,14,16,18). The van der Waals surface area contributed by atoms with Crippen molar-refractivity contribution in [2.24, 2.45) is 11.5 Å². The summed E-state index contributed by atoms with van der Waals surface area (Å²) < 4.78 is 0. The minimum Gasteiger partial charge on any atom is -0.365 e. The van der Waals surface area contributed by atoms with Crippen molar-refractivity contribution in [3.63, 3.8) is 0 Å². The van der Waals surface area contributed by atoms with Gasteiger partial charge in [0.25, 0.3) is 5.91 Å². The highest BCUT2D eigenvalue weighted by molar-refractivity contribution is 7.20. The molecule has 0 aromatic carbocycles. The number of nitrogens with one attached hydrogen (secondary N) is 1. The minimum absolute atomic E-state index is 0.268. The van der Waals surface area contributed by atoms with E-state index < -0.39 is 11.9 Å². The zero-order valence-electron chi connectivity index (χ0n) is 10.1. The molecule has 0 saturated carbocycles. The molecule has 0 bridgehead atoms. The molecule has 0 aliphatic carbocycles. The molecule has 98 valence electrons. The van der Waals surface area contributed by atoms with Crippen LogP contribution in [0.2, 0.25) is 0 Å². The molecule has 5 N–H and O–H groups in total. The first kappa shape index (κ1) is 13.0. The van der Waals surface area contributed by atoms with Crippen LogP contribution in [0, 0.1) is 6.92 Å². The number of nitrogens with two attached hydrogens (primary N) is 2. The Morgan fingerprint density at radius 3 is 2.58 bits per heavy atom. The van der Waals surface area contributed by atoms with Crippen molar-refractivity contribution in [1.29, 1.82) is 0 Å². The van der Waals surface area contributed by atoms with Crippen molar-refractivity contribution < 1.29 is 9.59 Å². The van der Waals surface area contributed by atoms with E-state index in [1.165, 1.54) is 11.3 Å².